The fourth-order valence-corrected chi connectivity index (χ4v) is 6.42. The van der Waals surface area contributed by atoms with Crippen LogP contribution in [0.3, 0.4) is 0 Å². The Morgan fingerprint density at radius 3 is 2.26 bits per heavy atom. The highest BCUT2D eigenvalue weighted by molar-refractivity contribution is 5.95. The average Bonchev–Trinajstić information content (AvgIpc) is 2.92. The molecule has 2 atom stereocenters. The van der Waals surface area contributed by atoms with Crippen molar-refractivity contribution in [2.45, 2.75) is 70.2 Å². The Bertz CT molecular complexity index is 1350. The van der Waals surface area contributed by atoms with Crippen LogP contribution in [0.15, 0.2) is 54.7 Å². The number of carbonyl (C=O) groups excluding carboxylic acids is 1. The lowest BCUT2D eigenvalue weighted by Crippen LogP contribution is -2.60. The molecule has 5 N–H and O–H groups in total. The Hall–Kier alpha value is -2.66. The van der Waals surface area contributed by atoms with Gasteiger partial charge in [-0.1, -0.05) is 42.5 Å². The number of amides is 1. The molecule has 3 aromatic rings. The number of piperazine rings is 1. The minimum Gasteiger partial charge on any atom is -0.504 e. The van der Waals surface area contributed by atoms with Crippen LogP contribution in [0.25, 0.3) is 11.1 Å². The van der Waals surface area contributed by atoms with E-state index >= 15 is 0 Å². The third kappa shape index (κ3) is 8.29. The molecule has 1 saturated heterocycles. The molecule has 2 aliphatic rings. The van der Waals surface area contributed by atoms with Crippen LogP contribution in [0.4, 0.5) is 4.39 Å². The Morgan fingerprint density at radius 2 is 1.65 bits per heavy atom. The van der Waals surface area contributed by atoms with Gasteiger partial charge in [0.1, 0.15) is 11.4 Å². The highest BCUT2D eigenvalue weighted by Crippen LogP contribution is 2.43. The predicted molar refractivity (Wildman–Crippen MR) is 174 cm³/mol. The van der Waals surface area contributed by atoms with Gasteiger partial charge in [0, 0.05) is 54.9 Å². The lowest BCUT2D eigenvalue weighted by atomic mass is 9.88. The number of nitrogens with two attached hydrogens (primary N) is 2. The van der Waals surface area contributed by atoms with Gasteiger partial charge in [-0.3, -0.25) is 14.6 Å². The molecule has 1 aliphatic heterocycles. The topological polar surface area (TPSA) is 118 Å². The van der Waals surface area contributed by atoms with Gasteiger partial charge in [0.05, 0.1) is 6.20 Å². The first-order valence-corrected chi connectivity index (χ1v) is 14.0. The van der Waals surface area contributed by atoms with E-state index in [2.05, 4.69) is 28.6 Å². The van der Waals surface area contributed by atoms with Crippen LogP contribution >= 0.6 is 37.2 Å². The molecule has 1 amide bonds. The van der Waals surface area contributed by atoms with Gasteiger partial charge in [-0.15, -0.1) is 37.2 Å². The summed E-state index contributed by atoms with van der Waals surface area (Å²) < 4.78 is 20.0. The van der Waals surface area contributed by atoms with Crippen molar-refractivity contribution in [1.29, 1.82) is 0 Å². The molecule has 1 aliphatic carbocycles. The second-order valence-corrected chi connectivity index (χ2v) is 11.2. The van der Waals surface area contributed by atoms with Crippen LogP contribution in [0.1, 0.15) is 55.5 Å². The minimum absolute atomic E-state index is 0. The largest absolute Gasteiger partial charge is 0.504 e. The van der Waals surface area contributed by atoms with E-state index in [0.29, 0.717) is 36.3 Å². The molecule has 236 valence electrons. The second kappa shape index (κ2) is 15.9. The number of phenolic OH excluding ortho intramolecular Hbond substituents is 1. The summed E-state index contributed by atoms with van der Waals surface area (Å²) in [4.78, 5) is 21.0. The first-order chi connectivity index (χ1) is 19.2. The molecule has 12 heteroatoms. The molecule has 2 fully saturated rings. The molecular formula is C31H41Cl3FN5O3. The standard InChI is InChI=1S/C31H38FN5O3.3ClH/c1-19-16-36(17-20(2)37(19)25-11-9-24(33)10-12-25)18-22-8-13-26(21-6-4-3-5-7-21)28(38)29(22)40-31-27(30(34)39)14-23(32)15-35-31;;;/h3-8,13-15,19-20,24-25,38H,9-12,16-18,33H2,1-2H3,(H2,34,39);3*1H/t19-,20+,24?,25?;;;. The van der Waals surface area contributed by atoms with Gasteiger partial charge in [0.25, 0.3) is 5.91 Å². The molecule has 8 nitrogen and oxygen atoms in total. The van der Waals surface area contributed by atoms with Gasteiger partial charge in [0.2, 0.25) is 5.88 Å². The number of hydrogen-bond acceptors (Lipinski definition) is 7. The van der Waals surface area contributed by atoms with Gasteiger partial charge in [-0.25, -0.2) is 9.37 Å². The molecule has 2 aromatic carbocycles. The number of aromatic hydroxyl groups is 1. The fourth-order valence-electron chi connectivity index (χ4n) is 6.42. The summed E-state index contributed by atoms with van der Waals surface area (Å²) in [7, 11) is 0. The molecule has 1 aromatic heterocycles. The second-order valence-electron chi connectivity index (χ2n) is 11.2. The van der Waals surface area contributed by atoms with E-state index in [1.807, 2.05) is 42.5 Å². The number of hydrogen-bond donors (Lipinski definition) is 3. The molecule has 1 saturated carbocycles. The maximum absolute atomic E-state index is 13.9. The van der Waals surface area contributed by atoms with Crippen molar-refractivity contribution in [3.8, 4) is 28.5 Å². The number of primary amides is 1. The summed E-state index contributed by atoms with van der Waals surface area (Å²) in [5, 5.41) is 11.5. The van der Waals surface area contributed by atoms with E-state index in [-0.39, 0.29) is 60.2 Å². The van der Waals surface area contributed by atoms with Gasteiger partial charge in [-0.05, 0) is 51.2 Å². The van der Waals surface area contributed by atoms with Gasteiger partial charge in [0.15, 0.2) is 11.5 Å². The maximum Gasteiger partial charge on any atom is 0.254 e. The Morgan fingerprint density at radius 1 is 1.02 bits per heavy atom. The van der Waals surface area contributed by atoms with Crippen LogP contribution < -0.4 is 16.2 Å². The van der Waals surface area contributed by atoms with Crippen molar-refractivity contribution < 1.29 is 19.0 Å². The highest BCUT2D eigenvalue weighted by Gasteiger charge is 2.36. The summed E-state index contributed by atoms with van der Waals surface area (Å²) in [5.41, 5.74) is 13.6. The smallest absolute Gasteiger partial charge is 0.254 e. The summed E-state index contributed by atoms with van der Waals surface area (Å²) in [6, 6.07) is 15.8. The zero-order valence-corrected chi connectivity index (χ0v) is 26.8. The van der Waals surface area contributed by atoms with E-state index < -0.39 is 11.7 Å². The van der Waals surface area contributed by atoms with Gasteiger partial charge < -0.3 is 21.3 Å². The molecule has 0 unspecified atom stereocenters. The van der Waals surface area contributed by atoms with E-state index in [9.17, 15) is 14.3 Å². The number of benzene rings is 2. The summed E-state index contributed by atoms with van der Waals surface area (Å²) >= 11 is 0. The summed E-state index contributed by atoms with van der Waals surface area (Å²) in [6.07, 6.45) is 5.37. The van der Waals surface area contributed by atoms with Crippen LogP contribution in [-0.4, -0.2) is 63.1 Å². The van der Waals surface area contributed by atoms with Gasteiger partial charge >= 0.3 is 0 Å². The Balaban J connectivity index is 0.00000215. The zero-order chi connectivity index (χ0) is 28.4. The summed E-state index contributed by atoms with van der Waals surface area (Å²) in [5.74, 6) is -1.64. The molecule has 43 heavy (non-hydrogen) atoms. The van der Waals surface area contributed by atoms with E-state index in [0.717, 1.165) is 62.2 Å². The zero-order valence-electron chi connectivity index (χ0n) is 24.3. The number of rotatable bonds is 7. The average molecular weight is 657 g/mol. The van der Waals surface area contributed by atoms with Gasteiger partial charge in [-0.2, -0.15) is 0 Å². The molecular weight excluding hydrogens is 616 g/mol. The summed E-state index contributed by atoms with van der Waals surface area (Å²) in [6.45, 7) is 6.77. The quantitative estimate of drug-likeness (QED) is 0.289. The van der Waals surface area contributed by atoms with Crippen LogP contribution in [0.5, 0.6) is 17.4 Å². The normalized spacial score (nSPS) is 22.4. The van der Waals surface area contributed by atoms with E-state index in [4.69, 9.17) is 16.2 Å². The number of carbonyl (C=O) groups is 1. The van der Waals surface area contributed by atoms with Crippen molar-refractivity contribution in [3.63, 3.8) is 0 Å². The number of pyridine rings is 1. The third-order valence-electron chi connectivity index (χ3n) is 8.20. The highest BCUT2D eigenvalue weighted by atomic mass is 35.5. The van der Waals surface area contributed by atoms with Crippen LogP contribution in [0, 0.1) is 5.82 Å². The van der Waals surface area contributed by atoms with E-state index in [1.54, 1.807) is 0 Å². The van der Waals surface area contributed by atoms with Crippen molar-refractivity contribution >= 4 is 43.1 Å². The van der Waals surface area contributed by atoms with Crippen LogP contribution in [0.2, 0.25) is 0 Å². The molecule has 0 spiro atoms. The number of nitrogens with zero attached hydrogens (tertiary/aromatic N) is 3. The Kier molecular flexibility index (Phi) is 13.5. The lowest BCUT2D eigenvalue weighted by molar-refractivity contribution is -0.00940. The molecule has 0 radical (unpaired) electrons. The molecule has 2 heterocycles. The lowest BCUT2D eigenvalue weighted by Gasteiger charge is -2.49. The number of ether oxygens (including phenoxy) is 1. The van der Waals surface area contributed by atoms with Crippen molar-refractivity contribution in [1.82, 2.24) is 14.8 Å². The van der Waals surface area contributed by atoms with Crippen molar-refractivity contribution in [3.05, 3.63) is 71.7 Å². The minimum atomic E-state index is -0.871. The first kappa shape index (κ1) is 36.5. The predicted octanol–water partition coefficient (Wildman–Crippen LogP) is 5.91. The molecule has 5 rings (SSSR count). The first-order valence-electron chi connectivity index (χ1n) is 14.0. The maximum atomic E-state index is 13.9. The number of phenols is 1. The number of aromatic nitrogens is 1. The van der Waals surface area contributed by atoms with Crippen molar-refractivity contribution in [2.75, 3.05) is 13.1 Å². The monoisotopic (exact) mass is 655 g/mol. The SMILES string of the molecule is C[C@@H]1CN(Cc2ccc(-c3ccccc3)c(O)c2Oc2ncc(F)cc2C(N)=O)C[C@H](C)N1C1CCC(N)CC1.Cl.Cl.Cl. The fraction of sp³-hybridized carbons (Fsp3) is 0.419. The van der Waals surface area contributed by atoms with E-state index in [1.165, 1.54) is 0 Å². The van der Waals surface area contributed by atoms with Crippen molar-refractivity contribution in [2.24, 2.45) is 11.5 Å². The third-order valence-corrected chi connectivity index (χ3v) is 8.20. The Labute approximate surface area is 271 Å². The van der Waals surface area contributed by atoms with Crippen LogP contribution in [-0.2, 0) is 6.54 Å². The number of halogens is 4. The molecule has 0 bridgehead atoms.